The van der Waals surface area contributed by atoms with Crippen molar-refractivity contribution in [2.24, 2.45) is 13.0 Å². The number of carbonyl (C=O) groups excluding carboxylic acids is 1. The molecule has 1 fully saturated rings. The fourth-order valence-corrected chi connectivity index (χ4v) is 2.55. The Morgan fingerprint density at radius 1 is 1.35 bits per heavy atom. The number of amides is 1. The van der Waals surface area contributed by atoms with Crippen LogP contribution in [0.5, 0.6) is 0 Å². The second-order valence-corrected chi connectivity index (χ2v) is 5.55. The van der Waals surface area contributed by atoms with E-state index in [1.54, 1.807) is 17.9 Å². The maximum atomic E-state index is 12.9. The lowest BCUT2D eigenvalue weighted by molar-refractivity contribution is -0.137. The van der Waals surface area contributed by atoms with Gasteiger partial charge >= 0.3 is 6.18 Å². The first-order valence-corrected chi connectivity index (χ1v) is 7.07. The van der Waals surface area contributed by atoms with Gasteiger partial charge in [0, 0.05) is 19.2 Å². The SMILES string of the molecule is Cn1cc([C@H]2C[C@H]2C(=O)NNc2ccccc2C(F)(F)F)cn1. The standard InChI is InChI=1S/C15H15F3N4O/c1-22-8-9(7-19-22)10-6-11(10)14(23)21-20-13-5-3-2-4-12(13)15(16,17)18/h2-5,7-8,10-11,20H,6H2,1H3,(H,21,23)/t10-,11-/m1/s1. The molecular weight excluding hydrogens is 309 g/mol. The molecule has 2 atom stereocenters. The quantitative estimate of drug-likeness (QED) is 0.850. The van der Waals surface area contributed by atoms with Gasteiger partial charge in [0.2, 0.25) is 5.91 Å². The van der Waals surface area contributed by atoms with Crippen LogP contribution < -0.4 is 10.9 Å². The third kappa shape index (κ3) is 3.30. The highest BCUT2D eigenvalue weighted by Gasteiger charge is 2.44. The Morgan fingerprint density at radius 3 is 2.74 bits per heavy atom. The van der Waals surface area contributed by atoms with Gasteiger partial charge in [-0.05, 0) is 30.0 Å². The largest absolute Gasteiger partial charge is 0.418 e. The minimum absolute atomic E-state index is 0.0726. The molecule has 0 spiro atoms. The Kier molecular flexibility index (Phi) is 3.75. The zero-order chi connectivity index (χ0) is 16.6. The maximum Gasteiger partial charge on any atom is 0.418 e. The van der Waals surface area contributed by atoms with Crippen molar-refractivity contribution in [3.05, 3.63) is 47.8 Å². The van der Waals surface area contributed by atoms with Crippen LogP contribution in [0, 0.1) is 5.92 Å². The van der Waals surface area contributed by atoms with Crippen LogP contribution in [0.25, 0.3) is 0 Å². The summed E-state index contributed by atoms with van der Waals surface area (Å²) in [5, 5.41) is 4.05. The monoisotopic (exact) mass is 324 g/mol. The van der Waals surface area contributed by atoms with Gasteiger partial charge in [0.1, 0.15) is 0 Å². The number of hydrogen-bond donors (Lipinski definition) is 2. The molecule has 1 amide bonds. The molecule has 0 unspecified atom stereocenters. The van der Waals surface area contributed by atoms with Crippen molar-refractivity contribution in [1.29, 1.82) is 0 Å². The van der Waals surface area contributed by atoms with Gasteiger partial charge in [-0.15, -0.1) is 0 Å². The summed E-state index contributed by atoms with van der Waals surface area (Å²) in [6.07, 6.45) is -0.277. The number of aromatic nitrogens is 2. The molecule has 1 aromatic carbocycles. The number of hydrogen-bond acceptors (Lipinski definition) is 3. The number of para-hydroxylation sites is 1. The average molecular weight is 324 g/mol. The second-order valence-electron chi connectivity index (χ2n) is 5.55. The highest BCUT2D eigenvalue weighted by Crippen LogP contribution is 2.47. The van der Waals surface area contributed by atoms with E-state index in [2.05, 4.69) is 16.0 Å². The van der Waals surface area contributed by atoms with Gasteiger partial charge in [0.25, 0.3) is 0 Å². The lowest BCUT2D eigenvalue weighted by atomic mass is 10.2. The van der Waals surface area contributed by atoms with E-state index in [-0.39, 0.29) is 23.4 Å². The van der Waals surface area contributed by atoms with E-state index in [0.717, 1.165) is 11.6 Å². The van der Waals surface area contributed by atoms with Crippen molar-refractivity contribution < 1.29 is 18.0 Å². The Balaban J connectivity index is 1.61. The first-order valence-electron chi connectivity index (χ1n) is 7.07. The topological polar surface area (TPSA) is 59.0 Å². The highest BCUT2D eigenvalue weighted by atomic mass is 19.4. The molecule has 23 heavy (non-hydrogen) atoms. The van der Waals surface area contributed by atoms with Crippen LogP contribution in [0.4, 0.5) is 18.9 Å². The van der Waals surface area contributed by atoms with Crippen molar-refractivity contribution in [2.75, 3.05) is 5.43 Å². The second kappa shape index (κ2) is 5.60. The van der Waals surface area contributed by atoms with Crippen molar-refractivity contribution >= 4 is 11.6 Å². The maximum absolute atomic E-state index is 12.9. The molecule has 0 bridgehead atoms. The summed E-state index contributed by atoms with van der Waals surface area (Å²) in [6, 6.07) is 5.01. The van der Waals surface area contributed by atoms with Crippen LogP contribution in [0.15, 0.2) is 36.7 Å². The zero-order valence-corrected chi connectivity index (χ0v) is 12.3. The molecule has 2 N–H and O–H groups in total. The number of hydrazine groups is 1. The van der Waals surface area contributed by atoms with Crippen molar-refractivity contribution in [3.63, 3.8) is 0 Å². The Labute approximate surface area is 130 Å². The number of halogens is 3. The molecule has 3 rings (SSSR count). The fourth-order valence-electron chi connectivity index (χ4n) is 2.55. The van der Waals surface area contributed by atoms with Gasteiger partial charge in [-0.2, -0.15) is 18.3 Å². The molecule has 1 aliphatic carbocycles. The summed E-state index contributed by atoms with van der Waals surface area (Å²) in [6.45, 7) is 0. The van der Waals surface area contributed by atoms with Gasteiger partial charge in [-0.25, -0.2) is 0 Å². The van der Waals surface area contributed by atoms with Crippen LogP contribution in [0.2, 0.25) is 0 Å². The summed E-state index contributed by atoms with van der Waals surface area (Å²) in [5.41, 5.74) is 4.71. The summed E-state index contributed by atoms with van der Waals surface area (Å²) < 4.78 is 40.3. The molecule has 0 saturated heterocycles. The van der Waals surface area contributed by atoms with Gasteiger partial charge < -0.3 is 0 Å². The number of anilines is 1. The molecule has 1 saturated carbocycles. The van der Waals surface area contributed by atoms with Gasteiger partial charge in [-0.3, -0.25) is 20.3 Å². The molecule has 8 heteroatoms. The molecule has 1 heterocycles. The Bertz CT molecular complexity index is 726. The summed E-state index contributed by atoms with van der Waals surface area (Å²) >= 11 is 0. The van der Waals surface area contributed by atoms with Crippen LogP contribution in [0.1, 0.15) is 23.5 Å². The Morgan fingerprint density at radius 2 is 2.09 bits per heavy atom. The molecule has 0 aliphatic heterocycles. The lowest BCUT2D eigenvalue weighted by Gasteiger charge is -2.14. The predicted octanol–water partition coefficient (Wildman–Crippen LogP) is 2.69. The number of rotatable bonds is 4. The van der Waals surface area contributed by atoms with Crippen LogP contribution >= 0.6 is 0 Å². The van der Waals surface area contributed by atoms with E-state index in [0.29, 0.717) is 6.42 Å². The number of alkyl halides is 3. The van der Waals surface area contributed by atoms with Crippen molar-refractivity contribution in [1.82, 2.24) is 15.2 Å². The molecule has 1 aromatic heterocycles. The van der Waals surface area contributed by atoms with Crippen molar-refractivity contribution in [2.45, 2.75) is 18.5 Å². The predicted molar refractivity (Wildman–Crippen MR) is 77.3 cm³/mol. The average Bonchev–Trinajstić information content (AvgIpc) is 3.19. The summed E-state index contributed by atoms with van der Waals surface area (Å²) in [4.78, 5) is 12.0. The zero-order valence-electron chi connectivity index (χ0n) is 12.3. The fraction of sp³-hybridized carbons (Fsp3) is 0.333. The summed E-state index contributed by atoms with van der Waals surface area (Å²) in [5.74, 6) is -0.496. The van der Waals surface area contributed by atoms with Crippen LogP contribution in [-0.4, -0.2) is 15.7 Å². The molecular formula is C15H15F3N4O. The first-order chi connectivity index (χ1) is 10.9. The first kappa shape index (κ1) is 15.4. The number of carbonyl (C=O) groups is 1. The smallest absolute Gasteiger partial charge is 0.298 e. The minimum Gasteiger partial charge on any atom is -0.298 e. The molecule has 5 nitrogen and oxygen atoms in total. The minimum atomic E-state index is -4.48. The third-order valence-corrected chi connectivity index (χ3v) is 3.83. The molecule has 2 aromatic rings. The molecule has 122 valence electrons. The number of nitrogens with one attached hydrogen (secondary N) is 2. The van der Waals surface area contributed by atoms with Gasteiger partial charge in [0.15, 0.2) is 0 Å². The van der Waals surface area contributed by atoms with E-state index in [1.165, 1.54) is 18.2 Å². The Hall–Kier alpha value is -2.51. The number of nitrogens with zero attached hydrogens (tertiary/aromatic N) is 2. The van der Waals surface area contributed by atoms with E-state index < -0.39 is 11.7 Å². The number of benzene rings is 1. The summed E-state index contributed by atoms with van der Waals surface area (Å²) in [7, 11) is 1.79. The van der Waals surface area contributed by atoms with Crippen LogP contribution in [0.3, 0.4) is 0 Å². The van der Waals surface area contributed by atoms with Crippen LogP contribution in [-0.2, 0) is 18.0 Å². The third-order valence-electron chi connectivity index (χ3n) is 3.83. The number of aryl methyl sites for hydroxylation is 1. The van der Waals surface area contributed by atoms with Crippen molar-refractivity contribution in [3.8, 4) is 0 Å². The van der Waals surface area contributed by atoms with E-state index >= 15 is 0 Å². The van der Waals surface area contributed by atoms with E-state index in [1.807, 2.05) is 6.20 Å². The van der Waals surface area contributed by atoms with E-state index in [9.17, 15) is 18.0 Å². The molecule has 0 radical (unpaired) electrons. The van der Waals surface area contributed by atoms with Gasteiger partial charge in [0.05, 0.1) is 17.4 Å². The van der Waals surface area contributed by atoms with E-state index in [4.69, 9.17) is 0 Å². The normalized spacial score (nSPS) is 20.2. The lowest BCUT2D eigenvalue weighted by Crippen LogP contribution is -2.32. The highest BCUT2D eigenvalue weighted by molar-refractivity contribution is 5.84. The van der Waals surface area contributed by atoms with Gasteiger partial charge in [-0.1, -0.05) is 12.1 Å². The molecule has 1 aliphatic rings.